The first kappa shape index (κ1) is 11.2. The second kappa shape index (κ2) is 5.10. The number of rotatable bonds is 4. The van der Waals surface area contributed by atoms with Crippen molar-refractivity contribution >= 4 is 17.2 Å². The molecule has 0 aliphatic heterocycles. The molecule has 0 unspecified atom stereocenters. The van der Waals surface area contributed by atoms with Gasteiger partial charge in [-0.2, -0.15) is 0 Å². The fraction of sp³-hybridized carbons (Fsp3) is 0.600. The first-order chi connectivity index (χ1) is 6.67. The van der Waals surface area contributed by atoms with E-state index in [1.54, 1.807) is 11.3 Å². The number of nitrogens with one attached hydrogen (secondary N) is 1. The zero-order valence-electron chi connectivity index (χ0n) is 9.00. The number of hydrogen-bond acceptors (Lipinski definition) is 3. The quantitative estimate of drug-likeness (QED) is 0.613. The molecule has 0 saturated carbocycles. The summed E-state index contributed by atoms with van der Waals surface area (Å²) >= 11 is 1.65. The van der Waals surface area contributed by atoms with Crippen molar-refractivity contribution < 1.29 is 0 Å². The molecule has 0 radical (unpaired) electrons. The third-order valence-corrected chi connectivity index (χ3v) is 2.98. The summed E-state index contributed by atoms with van der Waals surface area (Å²) in [5.74, 6) is 0.667. The van der Waals surface area contributed by atoms with Gasteiger partial charge in [-0.05, 0) is 20.8 Å². The maximum Gasteiger partial charge on any atom is 0.102 e. The summed E-state index contributed by atoms with van der Waals surface area (Å²) in [5.41, 5.74) is 1.02. The van der Waals surface area contributed by atoms with Crippen molar-refractivity contribution in [1.82, 2.24) is 9.88 Å². The Morgan fingerprint density at radius 1 is 1.50 bits per heavy atom. The molecule has 0 atom stereocenters. The van der Waals surface area contributed by atoms with E-state index in [1.165, 1.54) is 0 Å². The molecule has 0 bridgehead atoms. The van der Waals surface area contributed by atoms with E-state index in [0.717, 1.165) is 23.8 Å². The van der Waals surface area contributed by atoms with Crippen LogP contribution in [0.3, 0.4) is 0 Å². The van der Waals surface area contributed by atoms with Gasteiger partial charge < -0.3 is 4.90 Å². The summed E-state index contributed by atoms with van der Waals surface area (Å²) < 4.78 is 0. The predicted molar refractivity (Wildman–Crippen MR) is 61.2 cm³/mol. The van der Waals surface area contributed by atoms with Gasteiger partial charge in [0.25, 0.3) is 0 Å². The second-order valence-corrected chi connectivity index (χ2v) is 4.22. The number of amidine groups is 1. The van der Waals surface area contributed by atoms with Crippen molar-refractivity contribution in [2.45, 2.75) is 27.2 Å². The van der Waals surface area contributed by atoms with Crippen LogP contribution in [0.15, 0.2) is 5.38 Å². The minimum atomic E-state index is 0.659. The van der Waals surface area contributed by atoms with Gasteiger partial charge in [0, 0.05) is 24.9 Å². The standard InChI is InChI=1S/C10H17N3S/c1-4-13(5-2)10(11)6-9-7-14-8(3)12-9/h7,11H,4-6H2,1-3H3. The Morgan fingerprint density at radius 2 is 2.14 bits per heavy atom. The molecule has 0 fully saturated rings. The summed E-state index contributed by atoms with van der Waals surface area (Å²) in [6.45, 7) is 7.95. The fourth-order valence-electron chi connectivity index (χ4n) is 1.38. The molecule has 78 valence electrons. The van der Waals surface area contributed by atoms with Gasteiger partial charge in [-0.3, -0.25) is 5.41 Å². The van der Waals surface area contributed by atoms with E-state index in [-0.39, 0.29) is 0 Å². The number of aryl methyl sites for hydroxylation is 1. The van der Waals surface area contributed by atoms with Crippen LogP contribution < -0.4 is 0 Å². The number of aromatic nitrogens is 1. The van der Waals surface area contributed by atoms with E-state index >= 15 is 0 Å². The van der Waals surface area contributed by atoms with Crippen LogP contribution in [-0.2, 0) is 6.42 Å². The third-order valence-electron chi connectivity index (χ3n) is 2.16. The summed E-state index contributed by atoms with van der Waals surface area (Å²) in [7, 11) is 0. The van der Waals surface area contributed by atoms with E-state index in [1.807, 2.05) is 12.3 Å². The molecule has 0 aliphatic rings. The molecule has 0 aromatic carbocycles. The molecule has 1 heterocycles. The van der Waals surface area contributed by atoms with Gasteiger partial charge in [0.15, 0.2) is 0 Å². The molecular formula is C10H17N3S. The Labute approximate surface area is 89.3 Å². The number of thiazole rings is 1. The van der Waals surface area contributed by atoms with Crippen LogP contribution in [0.4, 0.5) is 0 Å². The van der Waals surface area contributed by atoms with Crippen LogP contribution in [0.1, 0.15) is 24.5 Å². The first-order valence-electron chi connectivity index (χ1n) is 4.90. The molecule has 1 rings (SSSR count). The normalized spacial score (nSPS) is 10.2. The highest BCUT2D eigenvalue weighted by atomic mass is 32.1. The molecule has 3 nitrogen and oxygen atoms in total. The highest BCUT2D eigenvalue weighted by Crippen LogP contribution is 2.09. The number of likely N-dealkylation sites (N-methyl/N-ethyl adjacent to an activating group) is 1. The van der Waals surface area contributed by atoms with Crippen LogP contribution in [0.2, 0.25) is 0 Å². The van der Waals surface area contributed by atoms with Gasteiger partial charge in [-0.25, -0.2) is 4.98 Å². The molecule has 0 aliphatic carbocycles. The minimum Gasteiger partial charge on any atom is -0.361 e. The first-order valence-corrected chi connectivity index (χ1v) is 5.78. The van der Waals surface area contributed by atoms with Gasteiger partial charge in [0.2, 0.25) is 0 Å². The monoisotopic (exact) mass is 211 g/mol. The van der Waals surface area contributed by atoms with Crippen LogP contribution in [-0.4, -0.2) is 28.8 Å². The van der Waals surface area contributed by atoms with E-state index in [4.69, 9.17) is 5.41 Å². The van der Waals surface area contributed by atoms with Crippen molar-refractivity contribution in [2.75, 3.05) is 13.1 Å². The van der Waals surface area contributed by atoms with Crippen LogP contribution >= 0.6 is 11.3 Å². The molecule has 14 heavy (non-hydrogen) atoms. The lowest BCUT2D eigenvalue weighted by molar-refractivity contribution is 0.454. The summed E-state index contributed by atoms with van der Waals surface area (Å²) in [5, 5.41) is 11.0. The van der Waals surface area contributed by atoms with Crippen molar-refractivity contribution in [3.8, 4) is 0 Å². The minimum absolute atomic E-state index is 0.659. The highest BCUT2D eigenvalue weighted by molar-refractivity contribution is 7.09. The smallest absolute Gasteiger partial charge is 0.102 e. The van der Waals surface area contributed by atoms with Crippen LogP contribution in [0.25, 0.3) is 0 Å². The Bertz CT molecular complexity index is 302. The lowest BCUT2D eigenvalue weighted by Gasteiger charge is -2.20. The molecule has 0 spiro atoms. The Hall–Kier alpha value is -0.900. The molecule has 0 amide bonds. The number of nitrogens with zero attached hydrogens (tertiary/aromatic N) is 2. The number of hydrogen-bond donors (Lipinski definition) is 1. The maximum absolute atomic E-state index is 7.88. The largest absolute Gasteiger partial charge is 0.361 e. The third kappa shape index (κ3) is 2.80. The Balaban J connectivity index is 2.56. The average molecular weight is 211 g/mol. The van der Waals surface area contributed by atoms with Gasteiger partial charge in [0.1, 0.15) is 5.84 Å². The second-order valence-electron chi connectivity index (χ2n) is 3.15. The van der Waals surface area contributed by atoms with Crippen molar-refractivity contribution in [1.29, 1.82) is 5.41 Å². The average Bonchev–Trinajstić information content (AvgIpc) is 2.53. The summed E-state index contributed by atoms with van der Waals surface area (Å²) in [4.78, 5) is 6.40. The Kier molecular flexibility index (Phi) is 4.07. The topological polar surface area (TPSA) is 40.0 Å². The lowest BCUT2D eigenvalue weighted by Crippen LogP contribution is -2.31. The Morgan fingerprint density at radius 3 is 2.57 bits per heavy atom. The lowest BCUT2D eigenvalue weighted by atomic mass is 10.3. The van der Waals surface area contributed by atoms with Gasteiger partial charge >= 0.3 is 0 Å². The van der Waals surface area contributed by atoms with Gasteiger partial charge in [-0.1, -0.05) is 0 Å². The molecule has 4 heteroatoms. The predicted octanol–water partition coefficient (Wildman–Crippen LogP) is 2.31. The molecule has 1 aromatic rings. The van der Waals surface area contributed by atoms with Crippen LogP contribution in [0.5, 0.6) is 0 Å². The van der Waals surface area contributed by atoms with E-state index < -0.39 is 0 Å². The zero-order valence-corrected chi connectivity index (χ0v) is 9.82. The van der Waals surface area contributed by atoms with Crippen LogP contribution in [0, 0.1) is 12.3 Å². The highest BCUT2D eigenvalue weighted by Gasteiger charge is 2.07. The zero-order chi connectivity index (χ0) is 10.6. The SMILES string of the molecule is CCN(CC)C(=N)Cc1csc(C)n1. The summed E-state index contributed by atoms with van der Waals surface area (Å²) in [6.07, 6.45) is 0.659. The van der Waals surface area contributed by atoms with Crippen molar-refractivity contribution in [3.05, 3.63) is 16.1 Å². The van der Waals surface area contributed by atoms with E-state index in [2.05, 4.69) is 23.7 Å². The molecule has 0 saturated heterocycles. The van der Waals surface area contributed by atoms with E-state index in [9.17, 15) is 0 Å². The van der Waals surface area contributed by atoms with Gasteiger partial charge in [0.05, 0.1) is 10.7 Å². The maximum atomic E-state index is 7.88. The van der Waals surface area contributed by atoms with E-state index in [0.29, 0.717) is 12.3 Å². The fourth-order valence-corrected chi connectivity index (χ4v) is 1.99. The molecular weight excluding hydrogens is 194 g/mol. The molecule has 1 N–H and O–H groups in total. The van der Waals surface area contributed by atoms with Gasteiger partial charge in [-0.15, -0.1) is 11.3 Å². The molecule has 1 aromatic heterocycles. The van der Waals surface area contributed by atoms with Crippen molar-refractivity contribution in [3.63, 3.8) is 0 Å². The van der Waals surface area contributed by atoms with Crippen molar-refractivity contribution in [2.24, 2.45) is 0 Å². The summed E-state index contributed by atoms with van der Waals surface area (Å²) in [6, 6.07) is 0.